The zero-order valence-electron chi connectivity index (χ0n) is 18.2. The highest BCUT2D eigenvalue weighted by atomic mass is 16.7. The van der Waals surface area contributed by atoms with Crippen molar-refractivity contribution in [3.8, 4) is 0 Å². The monoisotopic (exact) mass is 451 g/mol. The lowest BCUT2D eigenvalue weighted by atomic mass is 9.91. The maximum atomic E-state index is 12.6. The summed E-state index contributed by atoms with van der Waals surface area (Å²) in [4.78, 5) is 24.3. The first kappa shape index (κ1) is 26.0. The number of aliphatic hydroxyl groups excluding tert-OH is 4. The number of amides is 1. The molecule has 2 aliphatic heterocycles. The Morgan fingerprint density at radius 2 is 1.61 bits per heavy atom. The number of hydrogen-bond donors (Lipinski definition) is 5. The summed E-state index contributed by atoms with van der Waals surface area (Å²) in [6.45, 7) is 3.96. The lowest BCUT2D eigenvalue weighted by molar-refractivity contribution is -0.338. The Labute approximate surface area is 180 Å². The van der Waals surface area contributed by atoms with E-state index in [-0.39, 0.29) is 5.78 Å². The molecule has 10 unspecified atom stereocenters. The molecule has 0 radical (unpaired) electrons. The van der Waals surface area contributed by atoms with Crippen molar-refractivity contribution in [1.82, 2.24) is 5.32 Å². The SMILES string of the molecule is COC1OC(CO)C(O)C(OC2OC(C(=O)C(C)C)C(OC)C(O)C2O)C1NC(C)=O. The van der Waals surface area contributed by atoms with Gasteiger partial charge in [-0.2, -0.15) is 0 Å². The molecule has 31 heavy (non-hydrogen) atoms. The molecular formula is C19H33NO11. The normalized spacial score (nSPS) is 41.2. The molecule has 0 aromatic carbocycles. The first-order valence-electron chi connectivity index (χ1n) is 10.0. The van der Waals surface area contributed by atoms with Crippen LogP contribution in [0, 0.1) is 5.92 Å². The predicted octanol–water partition coefficient (Wildman–Crippen LogP) is -2.71. The van der Waals surface area contributed by atoms with E-state index in [1.807, 2.05) is 0 Å². The number of rotatable bonds is 8. The fourth-order valence-corrected chi connectivity index (χ4v) is 3.74. The molecule has 10 atom stereocenters. The molecule has 2 rings (SSSR count). The summed E-state index contributed by atoms with van der Waals surface area (Å²) in [5.41, 5.74) is 0. The number of carbonyl (C=O) groups is 2. The molecule has 5 N–H and O–H groups in total. The summed E-state index contributed by atoms with van der Waals surface area (Å²) in [7, 11) is 2.58. The maximum absolute atomic E-state index is 12.6. The Balaban J connectivity index is 2.33. The third-order valence-electron chi connectivity index (χ3n) is 5.41. The second-order valence-electron chi connectivity index (χ2n) is 7.94. The van der Waals surface area contributed by atoms with Gasteiger partial charge in [-0.3, -0.25) is 9.59 Å². The number of carbonyl (C=O) groups excluding carboxylic acids is 2. The van der Waals surface area contributed by atoms with Crippen LogP contribution in [0.15, 0.2) is 0 Å². The van der Waals surface area contributed by atoms with Gasteiger partial charge >= 0.3 is 0 Å². The molecule has 0 spiro atoms. The lowest BCUT2D eigenvalue weighted by Crippen LogP contribution is -2.68. The van der Waals surface area contributed by atoms with Crippen LogP contribution in [0.1, 0.15) is 20.8 Å². The van der Waals surface area contributed by atoms with Crippen molar-refractivity contribution in [3.63, 3.8) is 0 Å². The zero-order valence-corrected chi connectivity index (χ0v) is 18.2. The van der Waals surface area contributed by atoms with E-state index in [2.05, 4.69) is 5.32 Å². The number of aliphatic hydroxyl groups is 4. The van der Waals surface area contributed by atoms with E-state index in [0.29, 0.717) is 0 Å². The number of hydrogen-bond acceptors (Lipinski definition) is 11. The Hall–Kier alpha value is -1.22. The highest BCUT2D eigenvalue weighted by molar-refractivity contribution is 5.85. The summed E-state index contributed by atoms with van der Waals surface area (Å²) < 4.78 is 27.3. The van der Waals surface area contributed by atoms with Gasteiger partial charge in [0.05, 0.1) is 6.61 Å². The van der Waals surface area contributed by atoms with Gasteiger partial charge in [0.2, 0.25) is 5.91 Å². The minimum Gasteiger partial charge on any atom is -0.394 e. The van der Waals surface area contributed by atoms with E-state index in [0.717, 1.165) is 0 Å². The second-order valence-corrected chi connectivity index (χ2v) is 7.94. The topological polar surface area (TPSA) is 173 Å². The predicted molar refractivity (Wildman–Crippen MR) is 103 cm³/mol. The largest absolute Gasteiger partial charge is 0.394 e. The van der Waals surface area contributed by atoms with Crippen LogP contribution in [0.3, 0.4) is 0 Å². The Morgan fingerprint density at radius 3 is 2.10 bits per heavy atom. The molecule has 2 aliphatic rings. The molecule has 0 bridgehead atoms. The fourth-order valence-electron chi connectivity index (χ4n) is 3.74. The van der Waals surface area contributed by atoms with E-state index in [1.165, 1.54) is 21.1 Å². The van der Waals surface area contributed by atoms with E-state index < -0.39 is 79.8 Å². The summed E-state index contributed by atoms with van der Waals surface area (Å²) in [6.07, 6.45) is -12.0. The quantitative estimate of drug-likeness (QED) is 0.260. The minimum absolute atomic E-state index is 0.375. The van der Waals surface area contributed by atoms with Crippen LogP contribution in [-0.4, -0.2) is 114 Å². The van der Waals surface area contributed by atoms with Gasteiger partial charge in [-0.05, 0) is 0 Å². The van der Waals surface area contributed by atoms with Crippen molar-refractivity contribution >= 4 is 11.7 Å². The molecule has 0 aliphatic carbocycles. The van der Waals surface area contributed by atoms with Gasteiger partial charge in [-0.25, -0.2) is 0 Å². The molecular weight excluding hydrogens is 418 g/mol. The number of ketones is 1. The number of nitrogens with one attached hydrogen (secondary N) is 1. The van der Waals surface area contributed by atoms with Crippen LogP contribution < -0.4 is 5.32 Å². The summed E-state index contributed by atoms with van der Waals surface area (Å²) in [5.74, 6) is -1.31. The third-order valence-corrected chi connectivity index (χ3v) is 5.41. The summed E-state index contributed by atoms with van der Waals surface area (Å²) in [6, 6.07) is -1.05. The molecule has 0 saturated carbocycles. The number of Topliss-reactive ketones (excluding diaryl/α,β-unsaturated/α-hetero) is 1. The van der Waals surface area contributed by atoms with Crippen molar-refractivity contribution in [3.05, 3.63) is 0 Å². The maximum Gasteiger partial charge on any atom is 0.217 e. The van der Waals surface area contributed by atoms with Crippen molar-refractivity contribution < 1.29 is 53.7 Å². The first-order valence-corrected chi connectivity index (χ1v) is 10.0. The highest BCUT2D eigenvalue weighted by Gasteiger charge is 2.53. The summed E-state index contributed by atoms with van der Waals surface area (Å²) in [5, 5.41) is 43.8. The van der Waals surface area contributed by atoms with Crippen molar-refractivity contribution in [2.75, 3.05) is 20.8 Å². The molecule has 0 aromatic rings. The van der Waals surface area contributed by atoms with Crippen molar-refractivity contribution in [1.29, 1.82) is 0 Å². The lowest BCUT2D eigenvalue weighted by Gasteiger charge is -2.47. The molecule has 12 nitrogen and oxygen atoms in total. The van der Waals surface area contributed by atoms with Gasteiger partial charge in [0.25, 0.3) is 0 Å². The van der Waals surface area contributed by atoms with Gasteiger partial charge in [0.1, 0.15) is 48.8 Å². The molecule has 1 amide bonds. The smallest absolute Gasteiger partial charge is 0.217 e. The van der Waals surface area contributed by atoms with Crippen LogP contribution in [0.25, 0.3) is 0 Å². The van der Waals surface area contributed by atoms with Gasteiger partial charge in [-0.15, -0.1) is 0 Å². The Bertz CT molecular complexity index is 618. The van der Waals surface area contributed by atoms with Crippen LogP contribution in [0.2, 0.25) is 0 Å². The average molecular weight is 451 g/mol. The standard InChI is InChI=1S/C19H33NO11/c1-7(2)11(23)17-16(27-4)13(25)14(26)19(31-17)30-15-10(20-8(3)22)18(28-5)29-9(6-21)12(15)24/h7,9-10,12-19,21,24-26H,6H2,1-5H3,(H,20,22). The Kier molecular flexibility index (Phi) is 9.30. The Morgan fingerprint density at radius 1 is 0.968 bits per heavy atom. The van der Waals surface area contributed by atoms with E-state index in [1.54, 1.807) is 13.8 Å². The van der Waals surface area contributed by atoms with E-state index >= 15 is 0 Å². The van der Waals surface area contributed by atoms with Crippen molar-refractivity contribution in [2.45, 2.75) is 82.1 Å². The molecule has 180 valence electrons. The number of ether oxygens (including phenoxy) is 5. The molecule has 0 aromatic heterocycles. The second kappa shape index (κ2) is 11.1. The van der Waals surface area contributed by atoms with Crippen LogP contribution in [-0.2, 0) is 33.3 Å². The van der Waals surface area contributed by atoms with E-state index in [4.69, 9.17) is 23.7 Å². The van der Waals surface area contributed by atoms with E-state index in [9.17, 15) is 30.0 Å². The van der Waals surface area contributed by atoms with Crippen molar-refractivity contribution in [2.24, 2.45) is 5.92 Å². The van der Waals surface area contributed by atoms with Crippen LogP contribution in [0.5, 0.6) is 0 Å². The first-order chi connectivity index (χ1) is 14.6. The van der Waals surface area contributed by atoms with Gasteiger partial charge < -0.3 is 49.4 Å². The minimum atomic E-state index is -1.64. The highest BCUT2D eigenvalue weighted by Crippen LogP contribution is 2.31. The van der Waals surface area contributed by atoms with Crippen LogP contribution >= 0.6 is 0 Å². The molecule has 2 saturated heterocycles. The average Bonchev–Trinajstić information content (AvgIpc) is 2.72. The molecule has 12 heteroatoms. The van der Waals surface area contributed by atoms with Gasteiger partial charge in [0.15, 0.2) is 18.4 Å². The van der Waals surface area contributed by atoms with Gasteiger partial charge in [-0.1, -0.05) is 13.8 Å². The zero-order chi connectivity index (χ0) is 23.5. The van der Waals surface area contributed by atoms with Crippen LogP contribution in [0.4, 0.5) is 0 Å². The molecule has 2 heterocycles. The number of methoxy groups -OCH3 is 2. The fraction of sp³-hybridized carbons (Fsp3) is 0.895. The third kappa shape index (κ3) is 5.59. The summed E-state index contributed by atoms with van der Waals surface area (Å²) >= 11 is 0. The molecule has 2 fully saturated rings. The van der Waals surface area contributed by atoms with Gasteiger partial charge in [0, 0.05) is 27.1 Å².